The van der Waals surface area contributed by atoms with Crippen molar-refractivity contribution in [3.05, 3.63) is 95.4 Å². The number of para-hydroxylation sites is 2. The minimum absolute atomic E-state index is 0.127. The van der Waals surface area contributed by atoms with E-state index < -0.39 is 0 Å². The number of pyridine rings is 1. The summed E-state index contributed by atoms with van der Waals surface area (Å²) in [5.74, 6) is 0.958. The van der Waals surface area contributed by atoms with Gasteiger partial charge in [0.25, 0.3) is 0 Å². The Hall–Kier alpha value is -3.11. The van der Waals surface area contributed by atoms with Crippen LogP contribution in [0.25, 0.3) is 10.9 Å². The molecule has 0 saturated heterocycles. The van der Waals surface area contributed by atoms with E-state index in [1.54, 1.807) is 0 Å². The fourth-order valence-electron chi connectivity index (χ4n) is 4.63. The Kier molecular flexibility index (Phi) is 3.16. The number of hydrogen-bond acceptors (Lipinski definition) is 3. The van der Waals surface area contributed by atoms with Crippen LogP contribution in [0.1, 0.15) is 34.7 Å². The van der Waals surface area contributed by atoms with Crippen molar-refractivity contribution in [3.8, 4) is 5.75 Å². The highest BCUT2D eigenvalue weighted by Crippen LogP contribution is 2.48. The van der Waals surface area contributed by atoms with Gasteiger partial charge in [-0.2, -0.15) is 0 Å². The number of hydrogen-bond donors (Lipinski definition) is 1. The third-order valence-corrected chi connectivity index (χ3v) is 5.79. The predicted octanol–water partition coefficient (Wildman–Crippen LogP) is 4.60. The smallest absolute Gasteiger partial charge is 0.181 e. The lowest BCUT2D eigenvalue weighted by Gasteiger charge is -2.45. The average Bonchev–Trinajstić information content (AvgIpc) is 3.12. The molecule has 4 heterocycles. The van der Waals surface area contributed by atoms with Crippen LogP contribution < -0.4 is 4.74 Å². The highest BCUT2D eigenvalue weighted by molar-refractivity contribution is 5.85. The molecule has 0 fully saturated rings. The zero-order valence-electron chi connectivity index (χ0n) is 14.8. The van der Waals surface area contributed by atoms with Gasteiger partial charge in [0.2, 0.25) is 0 Å². The van der Waals surface area contributed by atoms with Gasteiger partial charge in [0.15, 0.2) is 6.23 Å². The molecule has 0 radical (unpaired) electrons. The van der Waals surface area contributed by atoms with Crippen LogP contribution in [0.3, 0.4) is 0 Å². The molecule has 2 aromatic heterocycles. The van der Waals surface area contributed by atoms with Gasteiger partial charge in [0.1, 0.15) is 5.75 Å². The second-order valence-electron chi connectivity index (χ2n) is 7.25. The first-order valence-corrected chi connectivity index (χ1v) is 9.41. The van der Waals surface area contributed by atoms with Crippen molar-refractivity contribution in [2.24, 2.45) is 0 Å². The van der Waals surface area contributed by atoms with Crippen LogP contribution in [0.15, 0.2) is 73.1 Å². The van der Waals surface area contributed by atoms with Gasteiger partial charge in [-0.3, -0.25) is 9.88 Å². The van der Waals surface area contributed by atoms with Gasteiger partial charge >= 0.3 is 0 Å². The van der Waals surface area contributed by atoms with E-state index in [0.29, 0.717) is 0 Å². The molecule has 0 spiro atoms. The molecule has 0 aliphatic carbocycles. The summed E-state index contributed by atoms with van der Waals surface area (Å²) in [4.78, 5) is 10.5. The summed E-state index contributed by atoms with van der Waals surface area (Å²) in [7, 11) is 0. The van der Waals surface area contributed by atoms with Gasteiger partial charge in [-0.15, -0.1) is 0 Å². The fourth-order valence-corrected chi connectivity index (χ4v) is 4.63. The molecular formula is C23H19N3O. The van der Waals surface area contributed by atoms with Crippen LogP contribution >= 0.6 is 0 Å². The van der Waals surface area contributed by atoms with Crippen molar-refractivity contribution >= 4 is 10.9 Å². The van der Waals surface area contributed by atoms with Gasteiger partial charge in [-0.25, -0.2) is 0 Å². The standard InChI is InChI=1S/C23H19N3O/c1-3-9-19-16(7-1)17-11-13-26-22(21(17)25-19)18-8-2-4-10-20(18)27-23(26)15-6-5-12-24-14-15/h1-10,12,14,22-23,25H,11,13H2. The van der Waals surface area contributed by atoms with Crippen molar-refractivity contribution in [2.45, 2.75) is 18.7 Å². The van der Waals surface area contributed by atoms with Crippen LogP contribution in [-0.4, -0.2) is 21.4 Å². The molecule has 2 unspecified atom stereocenters. The molecule has 0 saturated carbocycles. The SMILES string of the molecule is c1cncc(C2Oc3ccccc3C3c4[nH]c5ccccc5c4CCN23)c1. The third-order valence-electron chi connectivity index (χ3n) is 5.79. The van der Waals surface area contributed by atoms with E-state index in [4.69, 9.17) is 4.74 Å². The highest BCUT2D eigenvalue weighted by atomic mass is 16.5. The van der Waals surface area contributed by atoms with Crippen LogP contribution in [0.2, 0.25) is 0 Å². The van der Waals surface area contributed by atoms with E-state index in [2.05, 4.69) is 63.4 Å². The van der Waals surface area contributed by atoms with E-state index in [0.717, 1.165) is 24.3 Å². The Morgan fingerprint density at radius 2 is 1.89 bits per heavy atom. The molecule has 4 aromatic rings. The first-order valence-electron chi connectivity index (χ1n) is 9.41. The summed E-state index contributed by atoms with van der Waals surface area (Å²) in [5.41, 5.74) is 6.27. The molecule has 4 nitrogen and oxygen atoms in total. The molecule has 2 aliphatic heterocycles. The lowest BCUT2D eigenvalue weighted by Crippen LogP contribution is -2.44. The highest BCUT2D eigenvalue weighted by Gasteiger charge is 2.41. The maximum Gasteiger partial charge on any atom is 0.181 e. The maximum atomic E-state index is 6.45. The molecule has 132 valence electrons. The number of aromatic amines is 1. The number of fused-ring (bicyclic) bond motifs is 7. The molecule has 6 rings (SSSR count). The fraction of sp³-hybridized carbons (Fsp3) is 0.174. The lowest BCUT2D eigenvalue weighted by molar-refractivity contribution is -0.0247. The van der Waals surface area contributed by atoms with Crippen LogP contribution in [0.5, 0.6) is 5.75 Å². The summed E-state index contributed by atoms with van der Waals surface area (Å²) >= 11 is 0. The molecule has 1 N–H and O–H groups in total. The Bertz CT molecular complexity index is 1130. The normalized spacial score (nSPS) is 21.2. The Labute approximate surface area is 157 Å². The average molecular weight is 353 g/mol. The zero-order valence-corrected chi connectivity index (χ0v) is 14.8. The summed E-state index contributed by atoms with van der Waals surface area (Å²) in [6.45, 7) is 0.952. The molecule has 2 atom stereocenters. The minimum Gasteiger partial charge on any atom is -0.470 e. The van der Waals surface area contributed by atoms with E-state index in [-0.39, 0.29) is 12.3 Å². The number of nitrogens with zero attached hydrogens (tertiary/aromatic N) is 2. The second-order valence-corrected chi connectivity index (χ2v) is 7.25. The topological polar surface area (TPSA) is 41.1 Å². The molecule has 27 heavy (non-hydrogen) atoms. The van der Waals surface area contributed by atoms with Gasteiger partial charge in [0, 0.05) is 46.7 Å². The molecule has 2 aliphatic rings. The van der Waals surface area contributed by atoms with Gasteiger partial charge < -0.3 is 9.72 Å². The van der Waals surface area contributed by atoms with E-state index in [9.17, 15) is 0 Å². The van der Waals surface area contributed by atoms with Gasteiger partial charge in [-0.1, -0.05) is 42.5 Å². The number of nitrogens with one attached hydrogen (secondary N) is 1. The zero-order chi connectivity index (χ0) is 17.8. The van der Waals surface area contributed by atoms with Crippen LogP contribution in [0, 0.1) is 0 Å². The molecule has 4 heteroatoms. The van der Waals surface area contributed by atoms with Crippen LogP contribution in [0.4, 0.5) is 0 Å². The van der Waals surface area contributed by atoms with Crippen molar-refractivity contribution in [1.82, 2.24) is 14.9 Å². The summed E-state index contributed by atoms with van der Waals surface area (Å²) < 4.78 is 6.45. The van der Waals surface area contributed by atoms with Crippen LogP contribution in [-0.2, 0) is 6.42 Å². The quantitative estimate of drug-likeness (QED) is 0.544. The van der Waals surface area contributed by atoms with E-state index in [1.807, 2.05) is 24.5 Å². The maximum absolute atomic E-state index is 6.45. The Morgan fingerprint density at radius 3 is 2.81 bits per heavy atom. The predicted molar refractivity (Wildman–Crippen MR) is 105 cm³/mol. The molecular weight excluding hydrogens is 334 g/mol. The van der Waals surface area contributed by atoms with E-state index in [1.165, 1.54) is 27.7 Å². The van der Waals surface area contributed by atoms with Gasteiger partial charge in [0.05, 0.1) is 6.04 Å². The summed E-state index contributed by atoms with van der Waals surface area (Å²) in [6.07, 6.45) is 4.61. The molecule has 0 bridgehead atoms. The van der Waals surface area contributed by atoms with Crippen molar-refractivity contribution in [1.29, 1.82) is 0 Å². The second kappa shape index (κ2) is 5.69. The first kappa shape index (κ1) is 15.0. The summed E-state index contributed by atoms with van der Waals surface area (Å²) in [6, 6.07) is 21.3. The van der Waals surface area contributed by atoms with E-state index >= 15 is 0 Å². The number of H-pyrrole nitrogens is 1. The van der Waals surface area contributed by atoms with Crippen molar-refractivity contribution in [3.63, 3.8) is 0 Å². The molecule has 0 amide bonds. The van der Waals surface area contributed by atoms with Crippen molar-refractivity contribution in [2.75, 3.05) is 6.54 Å². The van der Waals surface area contributed by atoms with Crippen molar-refractivity contribution < 1.29 is 4.74 Å². The monoisotopic (exact) mass is 353 g/mol. The lowest BCUT2D eigenvalue weighted by atomic mass is 9.90. The molecule has 2 aromatic carbocycles. The summed E-state index contributed by atoms with van der Waals surface area (Å²) in [5, 5.41) is 1.34. The van der Waals surface area contributed by atoms with Gasteiger partial charge in [-0.05, 0) is 30.2 Å². The third kappa shape index (κ3) is 2.17. The number of aromatic nitrogens is 2. The Morgan fingerprint density at radius 1 is 1.00 bits per heavy atom. The Balaban J connectivity index is 1.58. The number of benzene rings is 2. The first-order chi connectivity index (χ1) is 13.4. The number of ether oxygens (including phenoxy) is 1. The number of rotatable bonds is 1. The largest absolute Gasteiger partial charge is 0.470 e. The minimum atomic E-state index is -0.127.